The number of anilines is 2. The zero-order chi connectivity index (χ0) is 13.7. The summed E-state index contributed by atoms with van der Waals surface area (Å²) in [6, 6.07) is 7.31. The second-order valence-corrected chi connectivity index (χ2v) is 6.73. The lowest BCUT2D eigenvalue weighted by Crippen LogP contribution is -2.18. The minimum Gasteiger partial charge on any atom is -0.332 e. The van der Waals surface area contributed by atoms with Crippen molar-refractivity contribution in [1.29, 1.82) is 0 Å². The molecule has 1 aromatic heterocycles. The van der Waals surface area contributed by atoms with E-state index in [0.29, 0.717) is 15.3 Å². The summed E-state index contributed by atoms with van der Waals surface area (Å²) in [4.78, 5) is 0. The Morgan fingerprint density at radius 3 is 2.74 bits per heavy atom. The lowest BCUT2D eigenvalue weighted by Gasteiger charge is -2.07. The highest BCUT2D eigenvalue weighted by Crippen LogP contribution is 2.25. The Bertz CT molecular complexity index is 555. The largest absolute Gasteiger partial charge is 0.332 e. The molecule has 0 saturated heterocycles. The Hall–Kier alpha value is -0.890. The van der Waals surface area contributed by atoms with Gasteiger partial charge in [0.25, 0.3) is 0 Å². The van der Waals surface area contributed by atoms with E-state index in [4.69, 9.17) is 23.8 Å². The topological polar surface area (TPSA) is 49.8 Å². The zero-order valence-electron chi connectivity index (χ0n) is 10.0. The Labute approximate surface area is 130 Å². The summed E-state index contributed by atoms with van der Waals surface area (Å²) < 4.78 is 0.930. The van der Waals surface area contributed by atoms with Gasteiger partial charge in [-0.3, -0.25) is 0 Å². The van der Waals surface area contributed by atoms with Crippen LogP contribution < -0.4 is 10.6 Å². The molecule has 2 N–H and O–H groups in total. The first-order valence-electron chi connectivity index (χ1n) is 5.47. The van der Waals surface area contributed by atoms with Gasteiger partial charge in [-0.25, -0.2) is 0 Å². The second-order valence-electron chi connectivity index (χ2n) is 3.39. The smallest absolute Gasteiger partial charge is 0.212 e. The Morgan fingerprint density at radius 1 is 1.32 bits per heavy atom. The van der Waals surface area contributed by atoms with Crippen LogP contribution in [0.25, 0.3) is 0 Å². The van der Waals surface area contributed by atoms with Crippen LogP contribution in [0.4, 0.5) is 10.8 Å². The number of halogens is 1. The molecular weight excluding hydrogens is 320 g/mol. The minimum absolute atomic E-state index is 0.478. The van der Waals surface area contributed by atoms with Crippen molar-refractivity contribution in [3.63, 3.8) is 0 Å². The van der Waals surface area contributed by atoms with Crippen LogP contribution in [0.2, 0.25) is 5.02 Å². The molecule has 0 unspecified atom stereocenters. The van der Waals surface area contributed by atoms with Gasteiger partial charge in [0, 0.05) is 10.7 Å². The van der Waals surface area contributed by atoms with Crippen molar-refractivity contribution in [1.82, 2.24) is 10.2 Å². The SMILES string of the molecule is CCSc1nnc(NC(=S)Nc2ccc(Cl)cc2)s1. The summed E-state index contributed by atoms with van der Waals surface area (Å²) in [7, 11) is 0. The van der Waals surface area contributed by atoms with E-state index in [1.165, 1.54) is 11.3 Å². The minimum atomic E-state index is 0.478. The molecule has 2 aromatic rings. The molecule has 0 amide bonds. The van der Waals surface area contributed by atoms with Crippen LogP contribution in [0.5, 0.6) is 0 Å². The van der Waals surface area contributed by atoms with Crippen LogP contribution >= 0.6 is 46.9 Å². The van der Waals surface area contributed by atoms with E-state index in [0.717, 1.165) is 15.8 Å². The molecule has 19 heavy (non-hydrogen) atoms. The highest BCUT2D eigenvalue weighted by atomic mass is 35.5. The Balaban J connectivity index is 1.91. The normalized spacial score (nSPS) is 10.2. The van der Waals surface area contributed by atoms with Gasteiger partial charge in [-0.15, -0.1) is 10.2 Å². The van der Waals surface area contributed by atoms with Crippen molar-refractivity contribution >= 4 is 62.8 Å². The molecule has 8 heteroatoms. The summed E-state index contributed by atoms with van der Waals surface area (Å²) in [6.45, 7) is 2.08. The second kappa shape index (κ2) is 7.04. The molecule has 1 aromatic carbocycles. The average molecular weight is 331 g/mol. The van der Waals surface area contributed by atoms with Crippen LogP contribution in [0.15, 0.2) is 28.6 Å². The van der Waals surface area contributed by atoms with E-state index in [-0.39, 0.29) is 0 Å². The van der Waals surface area contributed by atoms with Gasteiger partial charge in [0.1, 0.15) is 0 Å². The number of thioether (sulfide) groups is 1. The van der Waals surface area contributed by atoms with E-state index in [2.05, 4.69) is 27.8 Å². The van der Waals surface area contributed by atoms with Crippen LogP contribution in [-0.2, 0) is 0 Å². The van der Waals surface area contributed by atoms with Crippen molar-refractivity contribution < 1.29 is 0 Å². The third-order valence-corrected chi connectivity index (χ3v) is 4.31. The van der Waals surface area contributed by atoms with Gasteiger partial charge in [0.15, 0.2) is 9.45 Å². The summed E-state index contributed by atoms with van der Waals surface area (Å²) in [5.74, 6) is 0.974. The van der Waals surface area contributed by atoms with Crippen molar-refractivity contribution in [2.45, 2.75) is 11.3 Å². The van der Waals surface area contributed by atoms with E-state index < -0.39 is 0 Å². The fourth-order valence-electron chi connectivity index (χ4n) is 1.23. The molecule has 0 spiro atoms. The monoisotopic (exact) mass is 330 g/mol. The molecule has 100 valence electrons. The average Bonchev–Trinajstić information content (AvgIpc) is 2.80. The molecule has 2 rings (SSSR count). The first kappa shape index (κ1) is 14.5. The number of nitrogens with one attached hydrogen (secondary N) is 2. The third-order valence-electron chi connectivity index (χ3n) is 2.00. The molecule has 0 aliphatic heterocycles. The van der Waals surface area contributed by atoms with Gasteiger partial charge < -0.3 is 10.6 Å². The lowest BCUT2D eigenvalue weighted by molar-refractivity contribution is 1.02. The predicted molar refractivity (Wildman–Crippen MR) is 87.6 cm³/mol. The van der Waals surface area contributed by atoms with Crippen LogP contribution in [0.1, 0.15) is 6.92 Å². The number of rotatable bonds is 4. The molecule has 0 aliphatic carbocycles. The number of thiocarbonyl (C=S) groups is 1. The van der Waals surface area contributed by atoms with Gasteiger partial charge >= 0.3 is 0 Å². The lowest BCUT2D eigenvalue weighted by atomic mass is 10.3. The Kier molecular flexibility index (Phi) is 5.38. The molecule has 0 aliphatic rings. The highest BCUT2D eigenvalue weighted by Gasteiger charge is 2.05. The van der Waals surface area contributed by atoms with Gasteiger partial charge in [-0.2, -0.15) is 0 Å². The number of hydrogen-bond acceptors (Lipinski definition) is 5. The highest BCUT2D eigenvalue weighted by molar-refractivity contribution is 8.01. The first-order chi connectivity index (χ1) is 9.17. The summed E-state index contributed by atoms with van der Waals surface area (Å²) >= 11 is 14.2. The Morgan fingerprint density at radius 2 is 2.05 bits per heavy atom. The molecule has 0 atom stereocenters. The van der Waals surface area contributed by atoms with Gasteiger partial charge in [0.2, 0.25) is 5.13 Å². The fourth-order valence-corrected chi connectivity index (χ4v) is 3.29. The molecule has 0 saturated carbocycles. The van der Waals surface area contributed by atoms with E-state index in [1.807, 2.05) is 12.1 Å². The maximum Gasteiger partial charge on any atom is 0.212 e. The number of aromatic nitrogens is 2. The van der Waals surface area contributed by atoms with Crippen LogP contribution in [0, 0.1) is 0 Å². The number of nitrogens with zero attached hydrogens (tertiary/aromatic N) is 2. The fraction of sp³-hybridized carbons (Fsp3) is 0.182. The van der Waals surface area contributed by atoms with Crippen LogP contribution in [-0.4, -0.2) is 21.1 Å². The van der Waals surface area contributed by atoms with E-state index in [1.54, 1.807) is 23.9 Å². The van der Waals surface area contributed by atoms with Gasteiger partial charge in [0.05, 0.1) is 0 Å². The van der Waals surface area contributed by atoms with Crippen molar-refractivity contribution in [2.75, 3.05) is 16.4 Å². The first-order valence-corrected chi connectivity index (χ1v) is 8.06. The van der Waals surface area contributed by atoms with Crippen molar-refractivity contribution in [3.8, 4) is 0 Å². The standard InChI is InChI=1S/C11H11ClN4S3/c1-2-18-11-16-15-10(19-11)14-9(17)13-8-5-3-7(12)4-6-8/h3-6H,2H2,1H3,(H2,13,14,15,17). The van der Waals surface area contributed by atoms with Gasteiger partial charge in [-0.05, 0) is 42.2 Å². The maximum atomic E-state index is 5.82. The van der Waals surface area contributed by atoms with Crippen molar-refractivity contribution in [2.24, 2.45) is 0 Å². The number of benzene rings is 1. The molecular formula is C11H11ClN4S3. The summed E-state index contributed by atoms with van der Waals surface area (Å²) in [5, 5.41) is 16.0. The molecule has 1 heterocycles. The quantitative estimate of drug-likeness (QED) is 0.650. The maximum absolute atomic E-state index is 5.82. The number of hydrogen-bond donors (Lipinski definition) is 2. The summed E-state index contributed by atoms with van der Waals surface area (Å²) in [6.07, 6.45) is 0. The van der Waals surface area contributed by atoms with Gasteiger partial charge in [-0.1, -0.05) is 41.6 Å². The molecule has 0 fully saturated rings. The molecule has 0 bridgehead atoms. The van der Waals surface area contributed by atoms with E-state index >= 15 is 0 Å². The van der Waals surface area contributed by atoms with Crippen LogP contribution in [0.3, 0.4) is 0 Å². The third kappa shape index (κ3) is 4.61. The zero-order valence-corrected chi connectivity index (χ0v) is 13.2. The van der Waals surface area contributed by atoms with E-state index in [9.17, 15) is 0 Å². The molecule has 0 radical (unpaired) electrons. The summed E-state index contributed by atoms with van der Waals surface area (Å²) in [5.41, 5.74) is 0.870. The molecule has 4 nitrogen and oxygen atoms in total. The predicted octanol–water partition coefficient (Wildman–Crippen LogP) is 4.11. The van der Waals surface area contributed by atoms with Crippen molar-refractivity contribution in [3.05, 3.63) is 29.3 Å².